The molecule has 2 N–H and O–H groups in total. The fraction of sp³-hybridized carbons (Fsp3) is 0.269. The summed E-state index contributed by atoms with van der Waals surface area (Å²) in [5.74, 6) is -1.31. The molecule has 1 aliphatic heterocycles. The predicted molar refractivity (Wildman–Crippen MR) is 130 cm³/mol. The largest absolute Gasteiger partial charge is 0.369 e. The van der Waals surface area contributed by atoms with E-state index in [0.29, 0.717) is 12.2 Å². The molecule has 2 heterocycles. The fourth-order valence-electron chi connectivity index (χ4n) is 4.12. The molecule has 0 unspecified atom stereocenters. The van der Waals surface area contributed by atoms with Crippen LogP contribution >= 0.6 is 0 Å². The number of rotatable bonds is 6. The van der Waals surface area contributed by atoms with E-state index in [-0.39, 0.29) is 6.04 Å². The highest BCUT2D eigenvalue weighted by molar-refractivity contribution is 6.39. The Morgan fingerprint density at radius 3 is 2.33 bits per heavy atom. The number of carbonyl (C=O) groups is 2. The van der Waals surface area contributed by atoms with Crippen LogP contribution in [0.1, 0.15) is 17.2 Å². The Bertz CT molecular complexity index is 1070. The molecule has 3 aromatic rings. The van der Waals surface area contributed by atoms with E-state index in [9.17, 15) is 9.59 Å². The summed E-state index contributed by atoms with van der Waals surface area (Å²) in [5.41, 5.74) is 3.78. The second kappa shape index (κ2) is 10.7. The number of nitrogens with one attached hydrogen (secondary N) is 2. The summed E-state index contributed by atoms with van der Waals surface area (Å²) in [7, 11) is 0. The maximum Gasteiger partial charge on any atom is 0.313 e. The number of piperazine rings is 1. The third-order valence-corrected chi connectivity index (χ3v) is 6.00. The molecular formula is C26H29N5O2. The van der Waals surface area contributed by atoms with Gasteiger partial charge in [-0.05, 0) is 42.3 Å². The number of hydrogen-bond acceptors (Lipinski definition) is 5. The van der Waals surface area contributed by atoms with Crippen LogP contribution in [0.15, 0.2) is 79.1 Å². The van der Waals surface area contributed by atoms with Gasteiger partial charge in [-0.15, -0.1) is 0 Å². The van der Waals surface area contributed by atoms with E-state index in [2.05, 4.69) is 49.7 Å². The molecule has 1 atom stereocenters. The normalized spacial score (nSPS) is 15.0. The van der Waals surface area contributed by atoms with Crippen LogP contribution in [0, 0.1) is 6.92 Å². The lowest BCUT2D eigenvalue weighted by atomic mass is 10.1. The quantitative estimate of drug-likeness (QED) is 0.573. The van der Waals surface area contributed by atoms with Gasteiger partial charge in [0.2, 0.25) is 0 Å². The number of benzene rings is 2. The molecule has 1 aliphatic rings. The molecule has 0 spiro atoms. The minimum atomic E-state index is -0.664. The van der Waals surface area contributed by atoms with Crippen LogP contribution in [-0.2, 0) is 9.59 Å². The first kappa shape index (κ1) is 22.5. The number of aryl methyl sites for hydroxylation is 1. The zero-order chi connectivity index (χ0) is 23.0. The first-order valence-electron chi connectivity index (χ1n) is 11.2. The highest BCUT2D eigenvalue weighted by atomic mass is 16.2. The van der Waals surface area contributed by atoms with Crippen LogP contribution in [-0.4, -0.2) is 54.4 Å². The van der Waals surface area contributed by atoms with E-state index < -0.39 is 11.8 Å². The summed E-state index contributed by atoms with van der Waals surface area (Å²) >= 11 is 0. The Morgan fingerprint density at radius 2 is 1.64 bits per heavy atom. The summed E-state index contributed by atoms with van der Waals surface area (Å²) in [6, 6.07) is 21.6. The Labute approximate surface area is 194 Å². The van der Waals surface area contributed by atoms with Gasteiger partial charge < -0.3 is 15.5 Å². The lowest BCUT2D eigenvalue weighted by Crippen LogP contribution is -2.50. The van der Waals surface area contributed by atoms with Gasteiger partial charge in [-0.3, -0.25) is 19.5 Å². The molecule has 0 radical (unpaired) electrons. The van der Waals surface area contributed by atoms with E-state index in [0.717, 1.165) is 37.3 Å². The Kier molecular flexibility index (Phi) is 7.32. The molecule has 0 aliphatic carbocycles. The molecule has 7 nitrogen and oxygen atoms in total. The van der Waals surface area contributed by atoms with Crippen LogP contribution in [0.25, 0.3) is 0 Å². The lowest BCUT2D eigenvalue weighted by molar-refractivity contribution is -0.136. The Hall–Kier alpha value is -3.71. The van der Waals surface area contributed by atoms with Gasteiger partial charge in [0, 0.05) is 56.5 Å². The maximum absolute atomic E-state index is 12.5. The lowest BCUT2D eigenvalue weighted by Gasteiger charge is -2.40. The van der Waals surface area contributed by atoms with Crippen LogP contribution in [0.5, 0.6) is 0 Å². The van der Waals surface area contributed by atoms with Gasteiger partial charge in [0.15, 0.2) is 0 Å². The SMILES string of the molecule is Cc1ccccc1NC(=O)C(=O)NC[C@H](c1cccnc1)N1CCN(c2ccccc2)CC1. The second-order valence-corrected chi connectivity index (χ2v) is 8.14. The number of nitrogens with zero attached hydrogens (tertiary/aromatic N) is 3. The molecule has 2 amide bonds. The molecule has 170 valence electrons. The molecule has 33 heavy (non-hydrogen) atoms. The topological polar surface area (TPSA) is 77.6 Å². The van der Waals surface area contributed by atoms with Crippen molar-refractivity contribution in [3.05, 3.63) is 90.3 Å². The summed E-state index contributed by atoms with van der Waals surface area (Å²) in [6.07, 6.45) is 3.57. The maximum atomic E-state index is 12.5. The summed E-state index contributed by atoms with van der Waals surface area (Å²) in [5, 5.41) is 5.52. The van der Waals surface area contributed by atoms with Crippen molar-refractivity contribution in [2.75, 3.05) is 42.9 Å². The van der Waals surface area contributed by atoms with E-state index >= 15 is 0 Å². The van der Waals surface area contributed by atoms with Crippen molar-refractivity contribution < 1.29 is 9.59 Å². The van der Waals surface area contributed by atoms with E-state index in [4.69, 9.17) is 0 Å². The van der Waals surface area contributed by atoms with E-state index in [1.807, 2.05) is 49.5 Å². The average Bonchev–Trinajstić information content (AvgIpc) is 2.87. The fourth-order valence-corrected chi connectivity index (χ4v) is 4.12. The van der Waals surface area contributed by atoms with E-state index in [1.54, 1.807) is 12.3 Å². The third-order valence-electron chi connectivity index (χ3n) is 6.00. The van der Waals surface area contributed by atoms with Gasteiger partial charge in [-0.1, -0.05) is 42.5 Å². The van der Waals surface area contributed by atoms with Crippen LogP contribution in [0.2, 0.25) is 0 Å². The number of anilines is 2. The first-order valence-corrected chi connectivity index (χ1v) is 11.2. The monoisotopic (exact) mass is 443 g/mol. The molecule has 2 aromatic carbocycles. The summed E-state index contributed by atoms with van der Waals surface area (Å²) in [6.45, 7) is 5.70. The van der Waals surface area contributed by atoms with Gasteiger partial charge >= 0.3 is 11.8 Å². The summed E-state index contributed by atoms with van der Waals surface area (Å²) in [4.78, 5) is 34.0. The van der Waals surface area contributed by atoms with Gasteiger partial charge in [-0.2, -0.15) is 0 Å². The van der Waals surface area contributed by atoms with Crippen molar-refractivity contribution in [1.29, 1.82) is 0 Å². The Morgan fingerprint density at radius 1 is 0.909 bits per heavy atom. The van der Waals surface area contributed by atoms with Gasteiger partial charge in [0.25, 0.3) is 0 Å². The molecule has 0 bridgehead atoms. The van der Waals surface area contributed by atoms with Crippen molar-refractivity contribution in [3.63, 3.8) is 0 Å². The zero-order valence-electron chi connectivity index (χ0n) is 18.8. The minimum absolute atomic E-state index is 0.0631. The van der Waals surface area contributed by atoms with Crippen molar-refractivity contribution >= 4 is 23.2 Å². The van der Waals surface area contributed by atoms with Crippen molar-refractivity contribution in [3.8, 4) is 0 Å². The highest BCUT2D eigenvalue weighted by Crippen LogP contribution is 2.23. The number of amides is 2. The standard InChI is InChI=1S/C26H29N5O2/c1-20-8-5-6-12-23(20)29-26(33)25(32)28-19-24(21-9-7-13-27-18-21)31-16-14-30(15-17-31)22-10-3-2-4-11-22/h2-13,18,24H,14-17,19H2,1H3,(H,28,32)(H,29,33)/t24-/m1/s1. The minimum Gasteiger partial charge on any atom is -0.369 e. The molecule has 0 saturated carbocycles. The second-order valence-electron chi connectivity index (χ2n) is 8.14. The molecule has 1 fully saturated rings. The number of hydrogen-bond donors (Lipinski definition) is 2. The third kappa shape index (κ3) is 5.75. The van der Waals surface area contributed by atoms with Crippen molar-refractivity contribution in [2.45, 2.75) is 13.0 Å². The molecular weight excluding hydrogens is 414 g/mol. The van der Waals surface area contributed by atoms with E-state index in [1.165, 1.54) is 5.69 Å². The average molecular weight is 444 g/mol. The van der Waals surface area contributed by atoms with Crippen LogP contribution in [0.3, 0.4) is 0 Å². The first-order chi connectivity index (χ1) is 16.1. The number of para-hydroxylation sites is 2. The van der Waals surface area contributed by atoms with Crippen LogP contribution in [0.4, 0.5) is 11.4 Å². The van der Waals surface area contributed by atoms with Gasteiger partial charge in [-0.25, -0.2) is 0 Å². The van der Waals surface area contributed by atoms with Gasteiger partial charge in [0.1, 0.15) is 0 Å². The van der Waals surface area contributed by atoms with Crippen LogP contribution < -0.4 is 15.5 Å². The number of pyridine rings is 1. The number of aromatic nitrogens is 1. The Balaban J connectivity index is 1.39. The van der Waals surface area contributed by atoms with Gasteiger partial charge in [0.05, 0.1) is 6.04 Å². The number of carbonyl (C=O) groups excluding carboxylic acids is 2. The molecule has 7 heteroatoms. The molecule has 4 rings (SSSR count). The predicted octanol–water partition coefficient (Wildman–Crippen LogP) is 3.01. The highest BCUT2D eigenvalue weighted by Gasteiger charge is 2.27. The zero-order valence-corrected chi connectivity index (χ0v) is 18.8. The smallest absolute Gasteiger partial charge is 0.313 e. The molecule has 1 aromatic heterocycles. The summed E-state index contributed by atoms with van der Waals surface area (Å²) < 4.78 is 0. The molecule has 1 saturated heterocycles. The van der Waals surface area contributed by atoms with Crippen molar-refractivity contribution in [1.82, 2.24) is 15.2 Å². The van der Waals surface area contributed by atoms with Crippen molar-refractivity contribution in [2.24, 2.45) is 0 Å².